The number of nitrogens with zero attached hydrogens (tertiary/aromatic N) is 2. The molecule has 0 aliphatic heterocycles. The summed E-state index contributed by atoms with van der Waals surface area (Å²) in [5.41, 5.74) is 11.9. The van der Waals surface area contributed by atoms with Crippen LogP contribution in [0, 0.1) is 12.3 Å². The molecular weight excluding hydrogens is 428 g/mol. The van der Waals surface area contributed by atoms with Crippen molar-refractivity contribution in [3.05, 3.63) is 83.0 Å². The minimum Gasteiger partial charge on any atom is -0.487 e. The molecule has 4 aromatic rings. The molecule has 0 amide bonds. The van der Waals surface area contributed by atoms with Crippen LogP contribution >= 0.6 is 0 Å². The molecule has 0 aliphatic carbocycles. The Morgan fingerprint density at radius 2 is 1.88 bits per heavy atom. The maximum absolute atomic E-state index is 12.0. The van der Waals surface area contributed by atoms with Crippen LogP contribution in [0.1, 0.15) is 29.3 Å². The highest BCUT2D eigenvalue weighted by Crippen LogP contribution is 2.29. The molecule has 3 aromatic carbocycles. The SMILES string of the molecule is CCOC(=O)Cc1ccc(C)cc1OCc1nn(C)c2ccc(-c3cccc(C(=N)N)c3)cc12. The summed E-state index contributed by atoms with van der Waals surface area (Å²) in [7, 11) is 1.90. The summed E-state index contributed by atoms with van der Waals surface area (Å²) < 4.78 is 13.1. The van der Waals surface area contributed by atoms with Gasteiger partial charge in [-0.1, -0.05) is 36.4 Å². The Kier molecular flexibility index (Phi) is 6.63. The average Bonchev–Trinajstić information content (AvgIpc) is 3.14. The topological polar surface area (TPSA) is 103 Å². The van der Waals surface area contributed by atoms with Crippen LogP contribution in [0.4, 0.5) is 0 Å². The number of nitrogens with one attached hydrogen (secondary N) is 1. The molecule has 0 radical (unpaired) electrons. The maximum Gasteiger partial charge on any atom is 0.310 e. The first-order valence-corrected chi connectivity index (χ1v) is 11.1. The lowest BCUT2D eigenvalue weighted by Gasteiger charge is -2.12. The van der Waals surface area contributed by atoms with Gasteiger partial charge in [0.2, 0.25) is 0 Å². The zero-order valence-electron chi connectivity index (χ0n) is 19.6. The van der Waals surface area contributed by atoms with Crippen LogP contribution < -0.4 is 10.5 Å². The Labute approximate surface area is 198 Å². The Hall–Kier alpha value is -4.13. The number of fused-ring (bicyclic) bond motifs is 1. The van der Waals surface area contributed by atoms with Gasteiger partial charge in [-0.3, -0.25) is 14.9 Å². The monoisotopic (exact) mass is 456 g/mol. The predicted molar refractivity (Wildman–Crippen MR) is 133 cm³/mol. The van der Waals surface area contributed by atoms with Crippen LogP contribution in [-0.2, 0) is 29.6 Å². The van der Waals surface area contributed by atoms with Crippen molar-refractivity contribution in [3.8, 4) is 16.9 Å². The highest BCUT2D eigenvalue weighted by Gasteiger charge is 2.14. The van der Waals surface area contributed by atoms with Crippen molar-refractivity contribution in [1.82, 2.24) is 9.78 Å². The molecule has 0 spiro atoms. The number of aryl methyl sites for hydroxylation is 2. The lowest BCUT2D eigenvalue weighted by molar-refractivity contribution is -0.142. The van der Waals surface area contributed by atoms with Gasteiger partial charge in [0.15, 0.2) is 0 Å². The number of hydrogen-bond donors (Lipinski definition) is 2. The summed E-state index contributed by atoms with van der Waals surface area (Å²) in [4.78, 5) is 12.0. The molecule has 7 nitrogen and oxygen atoms in total. The molecule has 0 aliphatic rings. The van der Waals surface area contributed by atoms with Crippen LogP contribution in [0.5, 0.6) is 5.75 Å². The average molecular weight is 457 g/mol. The number of benzene rings is 3. The number of rotatable bonds is 8. The fourth-order valence-electron chi connectivity index (χ4n) is 3.95. The predicted octanol–water partition coefficient (Wildman–Crippen LogP) is 4.52. The third kappa shape index (κ3) is 4.93. The third-order valence-corrected chi connectivity index (χ3v) is 5.66. The second kappa shape index (κ2) is 9.79. The molecule has 174 valence electrons. The second-order valence-corrected chi connectivity index (χ2v) is 8.18. The number of carbonyl (C=O) groups is 1. The molecule has 34 heavy (non-hydrogen) atoms. The van der Waals surface area contributed by atoms with Crippen molar-refractivity contribution in [3.63, 3.8) is 0 Å². The van der Waals surface area contributed by atoms with Crippen LogP contribution in [0.3, 0.4) is 0 Å². The molecule has 4 rings (SSSR count). The van der Waals surface area contributed by atoms with Crippen LogP contribution in [-0.4, -0.2) is 28.2 Å². The number of nitrogens with two attached hydrogens (primary N) is 1. The minimum absolute atomic E-state index is 0.0372. The van der Waals surface area contributed by atoms with Gasteiger partial charge in [-0.05, 0) is 54.8 Å². The van der Waals surface area contributed by atoms with Crippen LogP contribution in [0.25, 0.3) is 22.0 Å². The van der Waals surface area contributed by atoms with E-state index in [2.05, 4.69) is 11.2 Å². The Morgan fingerprint density at radius 1 is 1.09 bits per heavy atom. The van der Waals surface area contributed by atoms with Crippen LogP contribution in [0.2, 0.25) is 0 Å². The van der Waals surface area contributed by atoms with Gasteiger partial charge in [0.1, 0.15) is 23.9 Å². The van der Waals surface area contributed by atoms with Gasteiger partial charge in [0.05, 0.1) is 18.5 Å². The number of ether oxygens (including phenoxy) is 2. The first-order chi connectivity index (χ1) is 16.4. The van der Waals surface area contributed by atoms with E-state index < -0.39 is 0 Å². The van der Waals surface area contributed by atoms with Gasteiger partial charge in [0, 0.05) is 23.6 Å². The standard InChI is InChI=1S/C27H28N4O3/c1-4-33-26(32)15-20-9-8-17(2)12-25(20)34-16-23-22-14-19(10-11-24(22)31(3)30-23)18-6-5-7-21(13-18)27(28)29/h5-14H,4,15-16H2,1-3H3,(H3,28,29). The zero-order valence-corrected chi connectivity index (χ0v) is 19.6. The largest absolute Gasteiger partial charge is 0.487 e. The molecule has 1 heterocycles. The second-order valence-electron chi connectivity index (χ2n) is 8.18. The third-order valence-electron chi connectivity index (χ3n) is 5.66. The lowest BCUT2D eigenvalue weighted by Crippen LogP contribution is -2.10. The zero-order chi connectivity index (χ0) is 24.2. The first kappa shape index (κ1) is 23.0. The molecule has 0 atom stereocenters. The van der Waals surface area contributed by atoms with E-state index in [-0.39, 0.29) is 24.8 Å². The summed E-state index contributed by atoms with van der Waals surface area (Å²) >= 11 is 0. The number of hydrogen-bond acceptors (Lipinski definition) is 5. The van der Waals surface area contributed by atoms with E-state index in [9.17, 15) is 4.79 Å². The van der Waals surface area contributed by atoms with Gasteiger partial charge in [-0.25, -0.2) is 0 Å². The van der Waals surface area contributed by atoms with Crippen molar-refractivity contribution < 1.29 is 14.3 Å². The molecule has 0 fully saturated rings. The highest BCUT2D eigenvalue weighted by atomic mass is 16.5. The van der Waals surface area contributed by atoms with Gasteiger partial charge < -0.3 is 15.2 Å². The molecular formula is C27H28N4O3. The molecule has 3 N–H and O–H groups in total. The summed E-state index contributed by atoms with van der Waals surface area (Å²) in [6.07, 6.45) is 0.156. The number of carbonyl (C=O) groups excluding carboxylic acids is 1. The molecule has 0 bridgehead atoms. The summed E-state index contributed by atoms with van der Waals surface area (Å²) in [6, 6.07) is 19.5. The van der Waals surface area contributed by atoms with Crippen molar-refractivity contribution in [2.75, 3.05) is 6.61 Å². The van der Waals surface area contributed by atoms with Gasteiger partial charge in [-0.15, -0.1) is 0 Å². The van der Waals surface area contributed by atoms with Crippen molar-refractivity contribution in [2.24, 2.45) is 12.8 Å². The maximum atomic E-state index is 12.0. The fourth-order valence-corrected chi connectivity index (χ4v) is 3.95. The Bertz CT molecular complexity index is 1370. The Balaban J connectivity index is 1.64. The smallest absolute Gasteiger partial charge is 0.310 e. The van der Waals surface area contributed by atoms with Crippen molar-refractivity contribution in [2.45, 2.75) is 26.9 Å². The summed E-state index contributed by atoms with van der Waals surface area (Å²) in [5.74, 6) is 0.407. The van der Waals surface area contributed by atoms with E-state index in [1.165, 1.54) is 0 Å². The number of nitrogen functional groups attached to an aromatic ring is 1. The lowest BCUT2D eigenvalue weighted by atomic mass is 10.0. The van der Waals surface area contributed by atoms with E-state index >= 15 is 0 Å². The summed E-state index contributed by atoms with van der Waals surface area (Å²) in [6.45, 7) is 4.38. The molecule has 7 heteroatoms. The van der Waals surface area contributed by atoms with E-state index in [4.69, 9.17) is 20.6 Å². The van der Waals surface area contributed by atoms with Crippen molar-refractivity contribution in [1.29, 1.82) is 5.41 Å². The Morgan fingerprint density at radius 3 is 2.65 bits per heavy atom. The van der Waals surface area contributed by atoms with Gasteiger partial charge >= 0.3 is 5.97 Å². The summed E-state index contributed by atoms with van der Waals surface area (Å²) in [5, 5.41) is 13.4. The molecule has 0 unspecified atom stereocenters. The normalized spacial score (nSPS) is 10.9. The number of amidine groups is 1. The number of aromatic nitrogens is 2. The fraction of sp³-hybridized carbons (Fsp3) is 0.222. The number of esters is 1. The molecule has 0 saturated carbocycles. The highest BCUT2D eigenvalue weighted by molar-refractivity contribution is 5.96. The van der Waals surface area contributed by atoms with Gasteiger partial charge in [-0.2, -0.15) is 5.10 Å². The van der Waals surface area contributed by atoms with Crippen molar-refractivity contribution >= 4 is 22.7 Å². The molecule has 1 aromatic heterocycles. The first-order valence-electron chi connectivity index (χ1n) is 11.1. The quantitative estimate of drug-likeness (QED) is 0.231. The van der Waals surface area contributed by atoms with E-state index in [1.807, 2.05) is 73.3 Å². The van der Waals surface area contributed by atoms with E-state index in [1.54, 1.807) is 6.92 Å². The van der Waals surface area contributed by atoms with Gasteiger partial charge in [0.25, 0.3) is 0 Å². The molecule has 0 saturated heterocycles. The van der Waals surface area contributed by atoms with E-state index in [0.717, 1.165) is 38.9 Å². The van der Waals surface area contributed by atoms with Crippen LogP contribution in [0.15, 0.2) is 60.7 Å². The van der Waals surface area contributed by atoms with E-state index in [0.29, 0.717) is 17.9 Å². The minimum atomic E-state index is -0.281.